The van der Waals surface area contributed by atoms with E-state index in [2.05, 4.69) is 0 Å². The normalized spacial score (nSPS) is 28.3. The Kier molecular flexibility index (Phi) is 1.75. The Labute approximate surface area is 55.5 Å². The van der Waals surface area contributed by atoms with E-state index in [-0.39, 0.29) is 0 Å². The Hall–Kier alpha value is -0.120. The summed E-state index contributed by atoms with van der Waals surface area (Å²) in [5, 5.41) is 9.22. The molecule has 1 aliphatic heterocycles. The van der Waals surface area contributed by atoms with Crippen molar-refractivity contribution in [2.24, 2.45) is 5.73 Å². The smallest absolute Gasteiger partial charge is 0.168 e. The van der Waals surface area contributed by atoms with Gasteiger partial charge in [-0.3, -0.25) is 10.6 Å². The third-order valence-electron chi connectivity index (χ3n) is 1.75. The number of likely N-dealkylation sites (tertiary alicyclic amines) is 1. The van der Waals surface area contributed by atoms with Crippen LogP contribution in [-0.2, 0) is 0 Å². The molecule has 1 saturated heterocycles. The molecule has 3 heteroatoms. The number of nitrogens with two attached hydrogens (primary N) is 1. The highest BCUT2D eigenvalue weighted by Gasteiger charge is 2.26. The zero-order valence-electron chi connectivity index (χ0n) is 5.80. The molecule has 1 rings (SSSR count). The molecule has 0 spiro atoms. The average molecular weight is 130 g/mol. The molecule has 0 aromatic rings. The highest BCUT2D eigenvalue weighted by Crippen LogP contribution is 2.13. The number of nitrogens with zero attached hydrogens (tertiary/aromatic N) is 1. The molecule has 0 bridgehead atoms. The average Bonchev–Trinajstić information content (AvgIpc) is 2.08. The predicted octanol–water partition coefficient (Wildman–Crippen LogP) is -0.293. The first-order valence-electron chi connectivity index (χ1n) is 3.37. The van der Waals surface area contributed by atoms with Crippen LogP contribution in [0.3, 0.4) is 0 Å². The Morgan fingerprint density at radius 3 is 2.11 bits per heavy atom. The van der Waals surface area contributed by atoms with Crippen molar-refractivity contribution in [2.75, 3.05) is 13.1 Å². The molecule has 3 N–H and O–H groups in total. The van der Waals surface area contributed by atoms with Crippen LogP contribution in [0.2, 0.25) is 0 Å². The second-order valence-electron chi connectivity index (χ2n) is 2.79. The van der Waals surface area contributed by atoms with Gasteiger partial charge in [-0.05, 0) is 19.8 Å². The molecule has 0 saturated carbocycles. The van der Waals surface area contributed by atoms with Gasteiger partial charge in [0.1, 0.15) is 0 Å². The summed E-state index contributed by atoms with van der Waals surface area (Å²) in [4.78, 5) is 1.88. The van der Waals surface area contributed by atoms with Gasteiger partial charge in [-0.25, -0.2) is 0 Å². The van der Waals surface area contributed by atoms with Crippen LogP contribution in [0.4, 0.5) is 0 Å². The minimum Gasteiger partial charge on any atom is -0.363 e. The van der Waals surface area contributed by atoms with Crippen LogP contribution in [-0.4, -0.2) is 28.9 Å². The molecule has 0 aliphatic carbocycles. The van der Waals surface area contributed by atoms with Crippen molar-refractivity contribution >= 4 is 0 Å². The Bertz CT molecular complexity index is 91.7. The van der Waals surface area contributed by atoms with Gasteiger partial charge in [0.2, 0.25) is 0 Å². The number of hydrogen-bond donors (Lipinski definition) is 2. The van der Waals surface area contributed by atoms with E-state index >= 15 is 0 Å². The third-order valence-corrected chi connectivity index (χ3v) is 1.75. The second-order valence-corrected chi connectivity index (χ2v) is 2.79. The van der Waals surface area contributed by atoms with Crippen LogP contribution in [0, 0.1) is 0 Å². The molecule has 0 radical (unpaired) electrons. The molecule has 1 atom stereocenters. The molecule has 0 aromatic carbocycles. The lowest BCUT2D eigenvalue weighted by molar-refractivity contribution is -0.0758. The standard InChI is InChI=1S/C6H14N2O/c1-6(7,9)8-4-2-3-5-8/h9H,2-5,7H2,1H3. The Morgan fingerprint density at radius 2 is 1.89 bits per heavy atom. The van der Waals surface area contributed by atoms with Gasteiger partial charge < -0.3 is 5.11 Å². The summed E-state index contributed by atoms with van der Waals surface area (Å²) < 4.78 is 0. The minimum absolute atomic E-state index is 0.934. The summed E-state index contributed by atoms with van der Waals surface area (Å²) in [6.45, 7) is 3.49. The van der Waals surface area contributed by atoms with Crippen molar-refractivity contribution in [3.8, 4) is 0 Å². The molecular weight excluding hydrogens is 116 g/mol. The van der Waals surface area contributed by atoms with Crippen LogP contribution in [0.25, 0.3) is 0 Å². The molecule has 54 valence electrons. The summed E-state index contributed by atoms with van der Waals surface area (Å²) in [5.41, 5.74) is 5.42. The lowest BCUT2D eigenvalue weighted by atomic mass is 10.4. The molecule has 1 heterocycles. The highest BCUT2D eigenvalue weighted by molar-refractivity contribution is 4.73. The first kappa shape index (κ1) is 6.99. The minimum atomic E-state index is -1.09. The van der Waals surface area contributed by atoms with Crippen LogP contribution in [0.15, 0.2) is 0 Å². The number of hydrogen-bond acceptors (Lipinski definition) is 3. The fourth-order valence-electron chi connectivity index (χ4n) is 1.17. The molecule has 1 aliphatic rings. The Morgan fingerprint density at radius 1 is 1.44 bits per heavy atom. The third kappa shape index (κ3) is 1.64. The molecule has 0 amide bonds. The lowest BCUT2D eigenvalue weighted by Crippen LogP contribution is -2.52. The van der Waals surface area contributed by atoms with Gasteiger partial charge in [0.15, 0.2) is 5.85 Å². The van der Waals surface area contributed by atoms with Crippen molar-refractivity contribution in [3.05, 3.63) is 0 Å². The van der Waals surface area contributed by atoms with E-state index in [1.54, 1.807) is 6.92 Å². The van der Waals surface area contributed by atoms with E-state index in [0.29, 0.717) is 0 Å². The maximum Gasteiger partial charge on any atom is 0.168 e. The first-order chi connectivity index (χ1) is 4.11. The second kappa shape index (κ2) is 2.25. The van der Waals surface area contributed by atoms with E-state index in [1.165, 1.54) is 0 Å². The molecule has 1 fully saturated rings. The van der Waals surface area contributed by atoms with Gasteiger partial charge in [-0.15, -0.1) is 0 Å². The van der Waals surface area contributed by atoms with Gasteiger partial charge in [0.25, 0.3) is 0 Å². The largest absolute Gasteiger partial charge is 0.363 e. The molecule has 1 unspecified atom stereocenters. The van der Waals surface area contributed by atoms with E-state index < -0.39 is 5.85 Å². The molecule has 0 aromatic heterocycles. The summed E-state index contributed by atoms with van der Waals surface area (Å²) in [5.74, 6) is -1.09. The van der Waals surface area contributed by atoms with Crippen molar-refractivity contribution in [3.63, 3.8) is 0 Å². The van der Waals surface area contributed by atoms with Crippen molar-refractivity contribution in [2.45, 2.75) is 25.6 Å². The van der Waals surface area contributed by atoms with Gasteiger partial charge in [0, 0.05) is 13.1 Å². The zero-order valence-corrected chi connectivity index (χ0v) is 5.80. The van der Waals surface area contributed by atoms with Gasteiger partial charge in [0.05, 0.1) is 0 Å². The zero-order chi connectivity index (χ0) is 6.91. The SMILES string of the molecule is CC(N)(O)N1CCCC1. The lowest BCUT2D eigenvalue weighted by Gasteiger charge is -2.28. The van der Waals surface area contributed by atoms with Gasteiger partial charge >= 0.3 is 0 Å². The quantitative estimate of drug-likeness (QED) is 0.479. The van der Waals surface area contributed by atoms with Gasteiger partial charge in [-0.1, -0.05) is 0 Å². The summed E-state index contributed by atoms with van der Waals surface area (Å²) in [6, 6.07) is 0. The Balaban J connectivity index is 2.42. The maximum atomic E-state index is 9.22. The number of aliphatic hydroxyl groups is 1. The van der Waals surface area contributed by atoms with E-state index in [9.17, 15) is 5.11 Å². The molecule has 3 nitrogen and oxygen atoms in total. The van der Waals surface area contributed by atoms with Crippen molar-refractivity contribution in [1.82, 2.24) is 4.90 Å². The molecule has 9 heavy (non-hydrogen) atoms. The highest BCUT2D eigenvalue weighted by atomic mass is 16.3. The summed E-state index contributed by atoms with van der Waals surface area (Å²) in [7, 11) is 0. The van der Waals surface area contributed by atoms with Crippen LogP contribution in [0.1, 0.15) is 19.8 Å². The van der Waals surface area contributed by atoms with Crippen LogP contribution in [0.5, 0.6) is 0 Å². The number of rotatable bonds is 1. The fraction of sp³-hybridized carbons (Fsp3) is 1.00. The van der Waals surface area contributed by atoms with E-state index in [4.69, 9.17) is 5.73 Å². The van der Waals surface area contributed by atoms with E-state index in [1.807, 2.05) is 4.90 Å². The topological polar surface area (TPSA) is 49.5 Å². The monoisotopic (exact) mass is 130 g/mol. The van der Waals surface area contributed by atoms with Crippen LogP contribution >= 0.6 is 0 Å². The summed E-state index contributed by atoms with van der Waals surface area (Å²) in [6.07, 6.45) is 2.32. The van der Waals surface area contributed by atoms with Crippen LogP contribution < -0.4 is 5.73 Å². The van der Waals surface area contributed by atoms with Gasteiger partial charge in [-0.2, -0.15) is 0 Å². The van der Waals surface area contributed by atoms with Crippen molar-refractivity contribution in [1.29, 1.82) is 0 Å². The summed E-state index contributed by atoms with van der Waals surface area (Å²) >= 11 is 0. The van der Waals surface area contributed by atoms with E-state index in [0.717, 1.165) is 25.9 Å². The predicted molar refractivity (Wildman–Crippen MR) is 35.6 cm³/mol. The van der Waals surface area contributed by atoms with Crippen molar-refractivity contribution < 1.29 is 5.11 Å². The first-order valence-corrected chi connectivity index (χ1v) is 3.37. The fourth-order valence-corrected chi connectivity index (χ4v) is 1.17. The maximum absolute atomic E-state index is 9.22. The molecular formula is C6H14N2O.